The fraction of sp³-hybridized carbons (Fsp3) is 0.429. The summed E-state index contributed by atoms with van der Waals surface area (Å²) in [4.78, 5) is 24.6. The Morgan fingerprint density at radius 1 is 1.30 bits per heavy atom. The van der Waals surface area contributed by atoms with E-state index >= 15 is 0 Å². The van der Waals surface area contributed by atoms with Crippen LogP contribution in [0, 0.1) is 6.92 Å². The van der Waals surface area contributed by atoms with E-state index in [-0.39, 0.29) is 25.0 Å². The molecule has 0 heterocycles. The number of rotatable bonds is 6. The van der Waals surface area contributed by atoms with Gasteiger partial charge in [0.15, 0.2) is 6.61 Å². The molecular weight excluding hydrogens is 258 g/mol. The molecule has 0 saturated carbocycles. The number of carbonyl (C=O) groups excluding carboxylic acids is 2. The SMILES string of the molecule is CNCC(=O)Nc1ccc(C)cc1OCC(=O)N(C)C. The molecule has 0 fully saturated rings. The molecule has 0 radical (unpaired) electrons. The maximum atomic E-state index is 11.6. The largest absolute Gasteiger partial charge is 0.482 e. The molecule has 0 aliphatic heterocycles. The van der Waals surface area contributed by atoms with Crippen molar-refractivity contribution in [3.8, 4) is 5.75 Å². The first-order valence-electron chi connectivity index (χ1n) is 6.32. The van der Waals surface area contributed by atoms with Gasteiger partial charge in [-0.1, -0.05) is 6.07 Å². The van der Waals surface area contributed by atoms with E-state index in [1.54, 1.807) is 33.3 Å². The highest BCUT2D eigenvalue weighted by molar-refractivity contribution is 5.93. The van der Waals surface area contributed by atoms with Crippen molar-refractivity contribution in [1.82, 2.24) is 10.2 Å². The van der Waals surface area contributed by atoms with E-state index in [0.29, 0.717) is 11.4 Å². The molecule has 0 aliphatic rings. The van der Waals surface area contributed by atoms with Crippen molar-refractivity contribution in [3.05, 3.63) is 23.8 Å². The Balaban J connectivity index is 2.79. The minimum atomic E-state index is -0.167. The predicted octanol–water partition coefficient (Wildman–Crippen LogP) is 0.620. The van der Waals surface area contributed by atoms with Crippen molar-refractivity contribution >= 4 is 17.5 Å². The van der Waals surface area contributed by atoms with Crippen molar-refractivity contribution < 1.29 is 14.3 Å². The highest BCUT2D eigenvalue weighted by Crippen LogP contribution is 2.25. The molecule has 0 aliphatic carbocycles. The van der Waals surface area contributed by atoms with Gasteiger partial charge < -0.3 is 20.3 Å². The van der Waals surface area contributed by atoms with Gasteiger partial charge >= 0.3 is 0 Å². The zero-order valence-corrected chi connectivity index (χ0v) is 12.3. The van der Waals surface area contributed by atoms with Crippen LogP contribution in [0.25, 0.3) is 0 Å². The average molecular weight is 279 g/mol. The topological polar surface area (TPSA) is 70.7 Å². The van der Waals surface area contributed by atoms with E-state index in [1.807, 2.05) is 13.0 Å². The van der Waals surface area contributed by atoms with Gasteiger partial charge in [-0.15, -0.1) is 0 Å². The number of amides is 2. The quantitative estimate of drug-likeness (QED) is 0.801. The Hall–Kier alpha value is -2.08. The fourth-order valence-corrected chi connectivity index (χ4v) is 1.48. The Morgan fingerprint density at radius 3 is 2.60 bits per heavy atom. The van der Waals surface area contributed by atoms with Crippen LogP contribution in [0.4, 0.5) is 5.69 Å². The zero-order chi connectivity index (χ0) is 15.1. The van der Waals surface area contributed by atoms with Crippen LogP contribution in [-0.4, -0.2) is 51.0 Å². The van der Waals surface area contributed by atoms with Crippen LogP contribution in [-0.2, 0) is 9.59 Å². The van der Waals surface area contributed by atoms with E-state index in [0.717, 1.165) is 5.56 Å². The number of likely N-dealkylation sites (N-methyl/N-ethyl adjacent to an activating group) is 2. The Bertz CT molecular complexity index is 487. The first kappa shape index (κ1) is 16.0. The summed E-state index contributed by atoms with van der Waals surface area (Å²) in [5.41, 5.74) is 1.55. The summed E-state index contributed by atoms with van der Waals surface area (Å²) in [5, 5.41) is 5.51. The lowest BCUT2D eigenvalue weighted by Crippen LogP contribution is -2.28. The fourth-order valence-electron chi connectivity index (χ4n) is 1.48. The van der Waals surface area contributed by atoms with Crippen LogP contribution in [0.3, 0.4) is 0 Å². The molecule has 6 nitrogen and oxygen atoms in total. The molecule has 2 N–H and O–H groups in total. The lowest BCUT2D eigenvalue weighted by molar-refractivity contribution is -0.130. The standard InChI is InChI=1S/C14H21N3O3/c1-10-5-6-11(16-13(18)8-15-2)12(7-10)20-9-14(19)17(3)4/h5-7,15H,8-9H2,1-4H3,(H,16,18). The number of hydrogen-bond acceptors (Lipinski definition) is 4. The first-order chi connectivity index (χ1) is 9.43. The average Bonchev–Trinajstić information content (AvgIpc) is 2.38. The van der Waals surface area contributed by atoms with Crippen LogP contribution in [0.15, 0.2) is 18.2 Å². The molecule has 0 bridgehead atoms. The summed E-state index contributed by atoms with van der Waals surface area (Å²) < 4.78 is 5.49. The van der Waals surface area contributed by atoms with Crippen molar-refractivity contribution in [2.45, 2.75) is 6.92 Å². The van der Waals surface area contributed by atoms with Crippen LogP contribution in [0.1, 0.15) is 5.56 Å². The molecule has 1 aromatic carbocycles. The molecule has 0 atom stereocenters. The highest BCUT2D eigenvalue weighted by Gasteiger charge is 2.10. The van der Waals surface area contributed by atoms with Crippen molar-refractivity contribution in [1.29, 1.82) is 0 Å². The van der Waals surface area contributed by atoms with Crippen LogP contribution >= 0.6 is 0 Å². The molecule has 2 amide bonds. The molecule has 6 heteroatoms. The van der Waals surface area contributed by atoms with Gasteiger partial charge in [-0.05, 0) is 31.7 Å². The summed E-state index contributed by atoms with van der Waals surface area (Å²) in [7, 11) is 5.02. The number of anilines is 1. The minimum Gasteiger partial charge on any atom is -0.482 e. The zero-order valence-electron chi connectivity index (χ0n) is 12.3. The number of hydrogen-bond donors (Lipinski definition) is 2. The molecular formula is C14H21N3O3. The van der Waals surface area contributed by atoms with Crippen LogP contribution in [0.2, 0.25) is 0 Å². The van der Waals surface area contributed by atoms with E-state index < -0.39 is 0 Å². The Kier molecular flexibility index (Phi) is 5.99. The third kappa shape index (κ3) is 4.89. The van der Waals surface area contributed by atoms with Crippen molar-refractivity contribution in [3.63, 3.8) is 0 Å². The Labute approximate surface area is 119 Å². The molecule has 20 heavy (non-hydrogen) atoms. The van der Waals surface area contributed by atoms with Gasteiger partial charge in [-0.2, -0.15) is 0 Å². The third-order valence-electron chi connectivity index (χ3n) is 2.60. The van der Waals surface area contributed by atoms with E-state index in [2.05, 4.69) is 10.6 Å². The van der Waals surface area contributed by atoms with Gasteiger partial charge in [0.05, 0.1) is 12.2 Å². The van der Waals surface area contributed by atoms with Crippen LogP contribution in [0.5, 0.6) is 5.75 Å². The maximum Gasteiger partial charge on any atom is 0.259 e. The normalized spacial score (nSPS) is 10.0. The summed E-state index contributed by atoms with van der Waals surface area (Å²) in [5.74, 6) is 0.184. The smallest absolute Gasteiger partial charge is 0.259 e. The van der Waals surface area contributed by atoms with Crippen molar-refractivity contribution in [2.75, 3.05) is 39.6 Å². The summed E-state index contributed by atoms with van der Waals surface area (Å²) in [6, 6.07) is 5.42. The second-order valence-corrected chi connectivity index (χ2v) is 4.65. The Morgan fingerprint density at radius 2 is 2.00 bits per heavy atom. The van der Waals surface area contributed by atoms with Gasteiger partial charge in [0.25, 0.3) is 5.91 Å². The summed E-state index contributed by atoms with van der Waals surface area (Å²) >= 11 is 0. The summed E-state index contributed by atoms with van der Waals surface area (Å²) in [6.07, 6.45) is 0. The third-order valence-corrected chi connectivity index (χ3v) is 2.60. The number of carbonyl (C=O) groups is 2. The number of nitrogens with zero attached hydrogens (tertiary/aromatic N) is 1. The van der Waals surface area contributed by atoms with E-state index in [1.165, 1.54) is 4.90 Å². The number of nitrogens with one attached hydrogen (secondary N) is 2. The van der Waals surface area contributed by atoms with Gasteiger partial charge in [-0.25, -0.2) is 0 Å². The van der Waals surface area contributed by atoms with E-state index in [4.69, 9.17) is 4.74 Å². The molecule has 0 saturated heterocycles. The first-order valence-corrected chi connectivity index (χ1v) is 6.32. The second-order valence-electron chi connectivity index (χ2n) is 4.65. The van der Waals surface area contributed by atoms with Gasteiger partial charge in [-0.3, -0.25) is 9.59 Å². The second kappa shape index (κ2) is 7.49. The number of ether oxygens (including phenoxy) is 1. The molecule has 0 spiro atoms. The highest BCUT2D eigenvalue weighted by atomic mass is 16.5. The molecule has 1 rings (SSSR count). The van der Waals surface area contributed by atoms with Crippen molar-refractivity contribution in [2.24, 2.45) is 0 Å². The lowest BCUT2D eigenvalue weighted by atomic mass is 10.2. The lowest BCUT2D eigenvalue weighted by Gasteiger charge is -2.15. The molecule has 110 valence electrons. The minimum absolute atomic E-state index is 0.0641. The maximum absolute atomic E-state index is 11.6. The number of benzene rings is 1. The number of aryl methyl sites for hydroxylation is 1. The van der Waals surface area contributed by atoms with Gasteiger partial charge in [0, 0.05) is 14.1 Å². The van der Waals surface area contributed by atoms with Crippen LogP contribution < -0.4 is 15.4 Å². The molecule has 0 aromatic heterocycles. The monoisotopic (exact) mass is 279 g/mol. The van der Waals surface area contributed by atoms with Gasteiger partial charge in [0.1, 0.15) is 5.75 Å². The summed E-state index contributed by atoms with van der Waals surface area (Å²) in [6.45, 7) is 2.06. The molecule has 0 unspecified atom stereocenters. The predicted molar refractivity (Wildman–Crippen MR) is 77.9 cm³/mol. The van der Waals surface area contributed by atoms with Gasteiger partial charge in [0.2, 0.25) is 5.91 Å². The molecule has 1 aromatic rings. The van der Waals surface area contributed by atoms with E-state index in [9.17, 15) is 9.59 Å².